The summed E-state index contributed by atoms with van der Waals surface area (Å²) in [5, 5.41) is 0. The molecule has 0 spiro atoms. The second-order valence-electron chi connectivity index (χ2n) is 7.73. The van der Waals surface area contributed by atoms with E-state index in [9.17, 15) is 0 Å². The van der Waals surface area contributed by atoms with Crippen LogP contribution >= 0.6 is 0 Å². The van der Waals surface area contributed by atoms with Crippen molar-refractivity contribution in [1.29, 1.82) is 0 Å². The van der Waals surface area contributed by atoms with Gasteiger partial charge in [0.15, 0.2) is 0 Å². The Kier molecular flexibility index (Phi) is 4.13. The van der Waals surface area contributed by atoms with E-state index >= 15 is 0 Å². The predicted octanol–water partition coefficient (Wildman–Crippen LogP) is 4.26. The van der Waals surface area contributed by atoms with Crippen molar-refractivity contribution in [2.45, 2.75) is 57.4 Å². The van der Waals surface area contributed by atoms with Crippen molar-refractivity contribution in [3.05, 3.63) is 29.8 Å². The van der Waals surface area contributed by atoms with Gasteiger partial charge in [-0.15, -0.1) is 0 Å². The van der Waals surface area contributed by atoms with Crippen LogP contribution in [0.25, 0.3) is 0 Å². The van der Waals surface area contributed by atoms with Crippen molar-refractivity contribution in [3.8, 4) is 0 Å². The zero-order chi connectivity index (χ0) is 14.9. The van der Waals surface area contributed by atoms with E-state index in [2.05, 4.69) is 41.0 Å². The fourth-order valence-electron chi connectivity index (χ4n) is 4.51. The first-order chi connectivity index (χ1) is 10.8. The first-order valence-electron chi connectivity index (χ1n) is 9.40. The van der Waals surface area contributed by atoms with Crippen molar-refractivity contribution < 1.29 is 0 Å². The molecule has 2 heterocycles. The molecule has 0 N–H and O–H groups in total. The van der Waals surface area contributed by atoms with Gasteiger partial charge in [0.1, 0.15) is 0 Å². The lowest BCUT2D eigenvalue weighted by molar-refractivity contribution is 0.256. The third-order valence-corrected chi connectivity index (χ3v) is 6.12. The van der Waals surface area contributed by atoms with Crippen LogP contribution in [0.1, 0.15) is 56.9 Å². The summed E-state index contributed by atoms with van der Waals surface area (Å²) >= 11 is 0. The molecule has 3 fully saturated rings. The molecule has 2 aliphatic heterocycles. The highest BCUT2D eigenvalue weighted by atomic mass is 15.2. The Morgan fingerprint density at radius 3 is 2.41 bits per heavy atom. The second-order valence-corrected chi connectivity index (χ2v) is 7.73. The van der Waals surface area contributed by atoms with Crippen molar-refractivity contribution in [3.63, 3.8) is 0 Å². The van der Waals surface area contributed by atoms with Gasteiger partial charge in [-0.25, -0.2) is 0 Å². The Morgan fingerprint density at radius 2 is 1.73 bits per heavy atom. The molecule has 0 unspecified atom stereocenters. The van der Waals surface area contributed by atoms with E-state index in [0.717, 1.165) is 17.9 Å². The molecule has 3 aliphatic rings. The number of hydrogen-bond donors (Lipinski definition) is 0. The largest absolute Gasteiger partial charge is 0.372 e. The SMILES string of the molecule is C[C@H]1CCCN1C[C@H]1C[C@@H]1c1ccc(N2CCCCC2)cc1. The highest BCUT2D eigenvalue weighted by Crippen LogP contribution is 2.48. The van der Waals surface area contributed by atoms with Crippen LogP contribution in [0.4, 0.5) is 5.69 Å². The number of anilines is 1. The van der Waals surface area contributed by atoms with Gasteiger partial charge in [-0.05, 0) is 81.5 Å². The Morgan fingerprint density at radius 1 is 0.955 bits per heavy atom. The second kappa shape index (κ2) is 6.23. The molecule has 2 heteroatoms. The van der Waals surface area contributed by atoms with Gasteiger partial charge in [0.05, 0.1) is 0 Å². The summed E-state index contributed by atoms with van der Waals surface area (Å²) in [4.78, 5) is 5.27. The van der Waals surface area contributed by atoms with Crippen molar-refractivity contribution in [1.82, 2.24) is 4.90 Å². The molecule has 1 aliphatic carbocycles. The molecule has 0 radical (unpaired) electrons. The quantitative estimate of drug-likeness (QED) is 0.819. The molecule has 120 valence electrons. The number of nitrogens with zero attached hydrogens (tertiary/aromatic N) is 2. The normalized spacial score (nSPS) is 32.4. The summed E-state index contributed by atoms with van der Waals surface area (Å²) in [6.45, 7) is 7.56. The molecule has 3 atom stereocenters. The number of piperidine rings is 1. The summed E-state index contributed by atoms with van der Waals surface area (Å²) in [7, 11) is 0. The van der Waals surface area contributed by atoms with E-state index in [1.165, 1.54) is 70.4 Å². The molecule has 0 aromatic heterocycles. The lowest BCUT2D eigenvalue weighted by Crippen LogP contribution is -2.29. The van der Waals surface area contributed by atoms with E-state index in [-0.39, 0.29) is 0 Å². The fourth-order valence-corrected chi connectivity index (χ4v) is 4.51. The molecule has 1 saturated carbocycles. The minimum absolute atomic E-state index is 0.822. The van der Waals surface area contributed by atoms with Gasteiger partial charge in [-0.3, -0.25) is 0 Å². The molecule has 1 aromatic carbocycles. The molecule has 2 saturated heterocycles. The maximum absolute atomic E-state index is 2.72. The van der Waals surface area contributed by atoms with Crippen LogP contribution in [0.5, 0.6) is 0 Å². The monoisotopic (exact) mass is 298 g/mol. The minimum atomic E-state index is 0.822. The molecular weight excluding hydrogens is 268 g/mol. The Balaban J connectivity index is 1.34. The van der Waals surface area contributed by atoms with Gasteiger partial charge in [0, 0.05) is 31.4 Å². The highest BCUT2D eigenvalue weighted by Gasteiger charge is 2.40. The Labute approximate surface area is 135 Å². The smallest absolute Gasteiger partial charge is 0.0366 e. The zero-order valence-electron chi connectivity index (χ0n) is 14.0. The van der Waals surface area contributed by atoms with Crippen molar-refractivity contribution in [2.75, 3.05) is 31.1 Å². The van der Waals surface area contributed by atoms with Crippen LogP contribution in [0, 0.1) is 5.92 Å². The summed E-state index contributed by atoms with van der Waals surface area (Å²) in [6.07, 6.45) is 8.35. The van der Waals surface area contributed by atoms with Crippen LogP contribution in [0.2, 0.25) is 0 Å². The minimum Gasteiger partial charge on any atom is -0.372 e. The topological polar surface area (TPSA) is 6.48 Å². The first-order valence-corrected chi connectivity index (χ1v) is 9.40. The average Bonchev–Trinajstić information content (AvgIpc) is 3.23. The number of hydrogen-bond acceptors (Lipinski definition) is 2. The molecule has 0 bridgehead atoms. The predicted molar refractivity (Wildman–Crippen MR) is 93.6 cm³/mol. The van der Waals surface area contributed by atoms with Gasteiger partial charge in [0.25, 0.3) is 0 Å². The number of rotatable bonds is 4. The van der Waals surface area contributed by atoms with Gasteiger partial charge < -0.3 is 9.80 Å². The van der Waals surface area contributed by atoms with Crippen molar-refractivity contribution >= 4 is 5.69 Å². The number of benzene rings is 1. The molecule has 4 rings (SSSR count). The van der Waals surface area contributed by atoms with Gasteiger partial charge in [0.2, 0.25) is 0 Å². The van der Waals surface area contributed by atoms with Crippen LogP contribution in [0.15, 0.2) is 24.3 Å². The van der Waals surface area contributed by atoms with Gasteiger partial charge in [-0.1, -0.05) is 12.1 Å². The van der Waals surface area contributed by atoms with Gasteiger partial charge in [-0.2, -0.15) is 0 Å². The van der Waals surface area contributed by atoms with Crippen molar-refractivity contribution in [2.24, 2.45) is 5.92 Å². The Hall–Kier alpha value is -1.02. The van der Waals surface area contributed by atoms with Crippen LogP contribution in [-0.2, 0) is 0 Å². The summed E-state index contributed by atoms with van der Waals surface area (Å²) in [6, 6.07) is 10.4. The standard InChI is InChI=1S/C20H30N2/c1-16-6-5-13-22(16)15-18-14-20(18)17-7-9-19(10-8-17)21-11-3-2-4-12-21/h7-10,16,18,20H,2-6,11-15H2,1H3/t16-,18+,20+/m0/s1. The van der Waals surface area contributed by atoms with E-state index < -0.39 is 0 Å². The van der Waals surface area contributed by atoms with Crippen LogP contribution < -0.4 is 4.90 Å². The lowest BCUT2D eigenvalue weighted by Gasteiger charge is -2.28. The summed E-state index contributed by atoms with van der Waals surface area (Å²) in [5.74, 6) is 1.75. The molecule has 0 amide bonds. The molecule has 22 heavy (non-hydrogen) atoms. The fraction of sp³-hybridized carbons (Fsp3) is 0.700. The third-order valence-electron chi connectivity index (χ3n) is 6.12. The maximum Gasteiger partial charge on any atom is 0.0366 e. The van der Waals surface area contributed by atoms with Gasteiger partial charge >= 0.3 is 0 Å². The third kappa shape index (κ3) is 3.03. The van der Waals surface area contributed by atoms with E-state index in [0.29, 0.717) is 0 Å². The summed E-state index contributed by atoms with van der Waals surface area (Å²) < 4.78 is 0. The molecule has 1 aromatic rings. The zero-order valence-corrected chi connectivity index (χ0v) is 14.0. The first kappa shape index (κ1) is 14.6. The molecular formula is C20H30N2. The van der Waals surface area contributed by atoms with E-state index in [1.807, 2.05) is 0 Å². The van der Waals surface area contributed by atoms with E-state index in [4.69, 9.17) is 0 Å². The van der Waals surface area contributed by atoms with E-state index in [1.54, 1.807) is 5.56 Å². The average molecular weight is 298 g/mol. The lowest BCUT2D eigenvalue weighted by atomic mass is 10.1. The number of likely N-dealkylation sites (tertiary alicyclic amines) is 1. The summed E-state index contributed by atoms with van der Waals surface area (Å²) in [5.41, 5.74) is 3.02. The van der Waals surface area contributed by atoms with Crippen LogP contribution in [-0.4, -0.2) is 37.1 Å². The molecule has 2 nitrogen and oxygen atoms in total. The maximum atomic E-state index is 2.72. The van der Waals surface area contributed by atoms with Crippen LogP contribution in [0.3, 0.4) is 0 Å². The highest BCUT2D eigenvalue weighted by molar-refractivity contribution is 5.49. The Bertz CT molecular complexity index is 489.